The van der Waals surface area contributed by atoms with E-state index in [1.54, 1.807) is 0 Å². The Bertz CT molecular complexity index is 1020. The third kappa shape index (κ3) is 11.8. The van der Waals surface area contributed by atoms with Crippen LogP contribution in [0.5, 0.6) is 0 Å². The van der Waals surface area contributed by atoms with Crippen molar-refractivity contribution in [3.63, 3.8) is 0 Å². The van der Waals surface area contributed by atoms with Gasteiger partial charge in [0, 0.05) is 38.0 Å². The predicted octanol–water partition coefficient (Wildman–Crippen LogP) is -6.23. The van der Waals surface area contributed by atoms with Gasteiger partial charge in [-0.05, 0) is 32.2 Å². The summed E-state index contributed by atoms with van der Waals surface area (Å²) in [6, 6.07) is -4.81. The summed E-state index contributed by atoms with van der Waals surface area (Å²) in [5.74, 6) is -2.35. The number of aliphatic hydroxyl groups is 3. The van der Waals surface area contributed by atoms with Gasteiger partial charge in [0.25, 0.3) is 0 Å². The van der Waals surface area contributed by atoms with Crippen molar-refractivity contribution >= 4 is 29.8 Å². The van der Waals surface area contributed by atoms with Crippen LogP contribution in [0.25, 0.3) is 0 Å². The first kappa shape index (κ1) is 37.8. The van der Waals surface area contributed by atoms with Gasteiger partial charge in [-0.3, -0.25) is 9.59 Å². The average Bonchev–Trinajstić information content (AvgIpc) is 3.41. The molecule has 0 radical (unpaired) electrons. The number of carboxylic acid groups (broad SMARTS) is 1. The lowest BCUT2D eigenvalue weighted by Crippen LogP contribution is -2.69. The minimum absolute atomic E-state index is 0.165. The van der Waals surface area contributed by atoms with Crippen LogP contribution in [0.3, 0.4) is 0 Å². The summed E-state index contributed by atoms with van der Waals surface area (Å²) in [4.78, 5) is 52.2. The van der Waals surface area contributed by atoms with Crippen LogP contribution < -0.4 is 49.9 Å². The van der Waals surface area contributed by atoms with E-state index in [9.17, 15) is 39.6 Å². The lowest BCUT2D eigenvalue weighted by molar-refractivity contribution is -0.198. The minimum Gasteiger partial charge on any atom is -0.480 e. The number of nitrogens with zero attached hydrogens (tertiary/aromatic N) is 1. The Morgan fingerprint density at radius 1 is 1.07 bits per heavy atom. The Kier molecular flexibility index (Phi) is 15.6. The van der Waals surface area contributed by atoms with Gasteiger partial charge in [0.2, 0.25) is 11.8 Å². The van der Waals surface area contributed by atoms with Crippen LogP contribution in [0.2, 0.25) is 0 Å². The Morgan fingerprint density at radius 3 is 2.29 bits per heavy atom. The predicted molar refractivity (Wildman–Crippen MR) is 158 cm³/mol. The fourth-order valence-corrected chi connectivity index (χ4v) is 5.00. The van der Waals surface area contributed by atoms with Gasteiger partial charge in [0.1, 0.15) is 18.2 Å². The lowest BCUT2D eigenvalue weighted by atomic mass is 9.95. The summed E-state index contributed by atoms with van der Waals surface area (Å²) < 4.78 is 10.7. The number of aliphatic hydroxyl groups excluding tert-OH is 3. The Hall–Kier alpha value is -3.37. The minimum atomic E-state index is -1.67. The molecule has 0 saturated carbocycles. The highest BCUT2D eigenvalue weighted by atomic mass is 16.6. The van der Waals surface area contributed by atoms with Crippen LogP contribution in [0.4, 0.5) is 4.79 Å². The quantitative estimate of drug-likeness (QED) is 0.0614. The summed E-state index contributed by atoms with van der Waals surface area (Å²) in [7, 11) is 0. The number of nitrogens with one attached hydrogen (secondary N) is 4. The van der Waals surface area contributed by atoms with Crippen LogP contribution in [0, 0.1) is 0 Å². The van der Waals surface area contributed by atoms with Crippen molar-refractivity contribution in [3.05, 3.63) is 0 Å². The topological polar surface area (TPSA) is 358 Å². The van der Waals surface area contributed by atoms with E-state index in [-0.39, 0.29) is 37.3 Å². The van der Waals surface area contributed by atoms with Crippen LogP contribution in [-0.4, -0.2) is 137 Å². The van der Waals surface area contributed by atoms with Crippen LogP contribution in [0.1, 0.15) is 38.5 Å². The molecule has 258 valence electrons. The van der Waals surface area contributed by atoms with Crippen LogP contribution >= 0.6 is 0 Å². The number of amides is 3. The highest BCUT2D eigenvalue weighted by Crippen LogP contribution is 2.24. The SMILES string of the molecule is NCCCC(N)CC(=O)NCCCC(N)CC(=O)N[C@@H]1[C@H](O)[C@@H](OC(N)=O)[C@@H](CO)O[C@H]1NC1=N[C@H](C(=O)O)[C@@H](C(O)CN)N1. The van der Waals surface area contributed by atoms with Crippen molar-refractivity contribution in [1.82, 2.24) is 21.3 Å². The van der Waals surface area contributed by atoms with E-state index in [0.29, 0.717) is 32.4 Å². The normalized spacial score (nSPS) is 28.2. The number of hydrogen-bond acceptors (Lipinski definition) is 16. The van der Waals surface area contributed by atoms with Gasteiger partial charge in [-0.15, -0.1) is 0 Å². The zero-order chi connectivity index (χ0) is 33.7. The average molecular weight is 649 g/mol. The van der Waals surface area contributed by atoms with Crippen LogP contribution in [0.15, 0.2) is 4.99 Å². The third-order valence-electron chi connectivity index (χ3n) is 7.33. The van der Waals surface area contributed by atoms with E-state index < -0.39 is 79.4 Å². The zero-order valence-electron chi connectivity index (χ0n) is 24.9. The molecule has 2 aliphatic heterocycles. The Morgan fingerprint density at radius 2 is 1.71 bits per heavy atom. The molecule has 1 saturated heterocycles. The molecule has 0 spiro atoms. The van der Waals surface area contributed by atoms with E-state index in [0.717, 1.165) is 6.42 Å². The molecule has 0 bridgehead atoms. The molecule has 20 nitrogen and oxygen atoms in total. The van der Waals surface area contributed by atoms with Gasteiger partial charge >= 0.3 is 12.1 Å². The van der Waals surface area contributed by atoms with E-state index >= 15 is 0 Å². The standard InChI is InChI=1S/C25H48N10O10/c26-5-1-3-11(28)7-15(38)31-6-2-4-12(29)8-16(39)32-19-20(40)21(45-24(30)43)14(10-36)44-22(19)35-25-33-17(13(37)9-27)18(34-25)23(41)42/h11-14,17-22,36-37,40H,1-10,26-29H2,(H2,30,43)(H,31,38)(H,32,39)(H,41,42)(H2,33,34,35)/t11?,12?,13?,14-,17-,18+,19-,20+,21+,22-/m1/s1. The fraction of sp³-hybridized carbons (Fsp3) is 0.800. The zero-order valence-corrected chi connectivity index (χ0v) is 24.9. The summed E-state index contributed by atoms with van der Waals surface area (Å²) in [5, 5.41) is 51.3. The summed E-state index contributed by atoms with van der Waals surface area (Å²) >= 11 is 0. The smallest absolute Gasteiger partial charge is 0.404 e. The largest absolute Gasteiger partial charge is 0.480 e. The first-order valence-electron chi connectivity index (χ1n) is 14.7. The Balaban J connectivity index is 2.04. The first-order valence-corrected chi connectivity index (χ1v) is 14.7. The third-order valence-corrected chi connectivity index (χ3v) is 7.33. The summed E-state index contributed by atoms with van der Waals surface area (Å²) in [6.07, 6.45) is -6.22. The maximum atomic E-state index is 13.0. The van der Waals surface area contributed by atoms with Gasteiger partial charge in [0.05, 0.1) is 18.8 Å². The number of primary amides is 1. The van der Waals surface area contributed by atoms with Gasteiger partial charge in [-0.25, -0.2) is 14.6 Å². The van der Waals surface area contributed by atoms with E-state index in [2.05, 4.69) is 26.3 Å². The highest BCUT2D eigenvalue weighted by Gasteiger charge is 2.49. The molecule has 0 aromatic rings. The van der Waals surface area contributed by atoms with E-state index in [1.165, 1.54) is 0 Å². The molecule has 20 heteroatoms. The molecule has 0 aliphatic carbocycles. The van der Waals surface area contributed by atoms with Gasteiger partial charge in [0.15, 0.2) is 24.3 Å². The number of carbonyl (C=O) groups is 4. The number of hydrogen-bond donors (Lipinski definition) is 13. The van der Waals surface area contributed by atoms with Gasteiger partial charge in [-0.1, -0.05) is 0 Å². The molecule has 2 aliphatic rings. The lowest BCUT2D eigenvalue weighted by Gasteiger charge is -2.44. The number of rotatable bonds is 18. The fourth-order valence-electron chi connectivity index (χ4n) is 5.00. The van der Waals surface area contributed by atoms with E-state index in [4.69, 9.17) is 38.1 Å². The number of aliphatic imine (C=N–C) groups is 1. The maximum Gasteiger partial charge on any atom is 0.404 e. The van der Waals surface area contributed by atoms with Crippen molar-refractivity contribution in [2.24, 2.45) is 33.7 Å². The monoisotopic (exact) mass is 648 g/mol. The first-order chi connectivity index (χ1) is 21.3. The van der Waals surface area contributed by atoms with Gasteiger partial charge in [-0.2, -0.15) is 0 Å². The molecule has 3 unspecified atom stereocenters. The molecule has 2 heterocycles. The van der Waals surface area contributed by atoms with Crippen molar-refractivity contribution in [2.75, 3.05) is 26.2 Å². The second-order valence-corrected chi connectivity index (χ2v) is 11.0. The molecule has 45 heavy (non-hydrogen) atoms. The number of ether oxygens (including phenoxy) is 2. The van der Waals surface area contributed by atoms with Gasteiger partial charge < -0.3 is 79.8 Å². The van der Waals surface area contributed by atoms with Crippen molar-refractivity contribution in [1.29, 1.82) is 0 Å². The molecule has 2 rings (SSSR count). The summed E-state index contributed by atoms with van der Waals surface area (Å²) in [6.45, 7) is -0.187. The number of guanidine groups is 1. The molecule has 1 fully saturated rings. The molecule has 0 aromatic carbocycles. The molecule has 10 atom stereocenters. The number of carbonyl (C=O) groups excluding carboxylic acids is 3. The molecule has 0 aromatic heterocycles. The van der Waals surface area contributed by atoms with Crippen LogP contribution in [-0.2, 0) is 23.9 Å². The molecule has 3 amide bonds. The molecular weight excluding hydrogens is 600 g/mol. The van der Waals surface area contributed by atoms with E-state index in [1.807, 2.05) is 0 Å². The molecular formula is C25H48N10O10. The number of nitrogens with two attached hydrogens (primary N) is 5. The second-order valence-electron chi connectivity index (χ2n) is 11.0. The summed E-state index contributed by atoms with van der Waals surface area (Å²) in [5.41, 5.74) is 28.1. The van der Waals surface area contributed by atoms with Crippen molar-refractivity contribution < 1.29 is 49.1 Å². The number of aliphatic carboxylic acids is 1. The number of carboxylic acids is 1. The van der Waals surface area contributed by atoms with Crippen molar-refractivity contribution in [2.45, 2.75) is 99.4 Å². The van der Waals surface area contributed by atoms with Crippen molar-refractivity contribution in [3.8, 4) is 0 Å². The second kappa shape index (κ2) is 18.6. The highest BCUT2D eigenvalue weighted by molar-refractivity contribution is 5.89. The Labute approximate surface area is 259 Å². The molecule has 18 N–H and O–H groups in total. The maximum absolute atomic E-state index is 13.0.